The number of methoxy groups -OCH3 is 1. The van der Waals surface area contributed by atoms with E-state index in [4.69, 9.17) is 10.00 Å². The number of aryl methyl sites for hydroxylation is 1. The van der Waals surface area contributed by atoms with Crippen LogP contribution in [-0.2, 0) is 16.1 Å². The van der Waals surface area contributed by atoms with Gasteiger partial charge in [-0.05, 0) is 49.2 Å². The molecule has 0 heterocycles. The number of hydrogen-bond acceptors (Lipinski definition) is 4. The Hall–Kier alpha value is -2.75. The first-order valence-electron chi connectivity index (χ1n) is 8.70. The third kappa shape index (κ3) is 5.88. The van der Waals surface area contributed by atoms with Gasteiger partial charge >= 0.3 is 0 Å². The summed E-state index contributed by atoms with van der Waals surface area (Å²) in [4.78, 5) is 14.3. The Labute approximate surface area is 159 Å². The van der Waals surface area contributed by atoms with Gasteiger partial charge in [-0.2, -0.15) is 5.26 Å². The molecule has 0 spiro atoms. The zero-order valence-electron chi connectivity index (χ0n) is 15.9. The van der Waals surface area contributed by atoms with Gasteiger partial charge in [-0.3, -0.25) is 9.69 Å². The fourth-order valence-electron chi connectivity index (χ4n) is 2.72. The van der Waals surface area contributed by atoms with Gasteiger partial charge in [0.15, 0.2) is 0 Å². The molecular formula is C21H24FN3O2. The number of amides is 1. The number of ether oxygens (including phenoxy) is 1. The molecule has 2 rings (SSSR count). The molecule has 0 unspecified atom stereocenters. The zero-order chi connectivity index (χ0) is 19.8. The van der Waals surface area contributed by atoms with E-state index in [-0.39, 0.29) is 19.0 Å². The summed E-state index contributed by atoms with van der Waals surface area (Å²) < 4.78 is 19.2. The number of hydrogen-bond donors (Lipinski definition) is 1. The summed E-state index contributed by atoms with van der Waals surface area (Å²) in [7, 11) is 1.57. The highest BCUT2D eigenvalue weighted by Gasteiger charge is 2.15. The van der Waals surface area contributed by atoms with Crippen molar-refractivity contribution < 1.29 is 13.9 Å². The molecule has 0 aliphatic heterocycles. The van der Waals surface area contributed by atoms with Gasteiger partial charge < -0.3 is 10.1 Å². The number of carbonyl (C=O) groups is 1. The van der Waals surface area contributed by atoms with Crippen LogP contribution in [0.4, 0.5) is 10.1 Å². The van der Waals surface area contributed by atoms with Crippen molar-refractivity contribution in [1.29, 1.82) is 5.26 Å². The first-order chi connectivity index (χ1) is 12.9. The minimum atomic E-state index is -0.397. The maximum absolute atomic E-state index is 14.1. The second-order valence-corrected chi connectivity index (χ2v) is 6.42. The topological polar surface area (TPSA) is 65.4 Å². The van der Waals surface area contributed by atoms with Crippen molar-refractivity contribution in [3.63, 3.8) is 0 Å². The molecule has 5 nitrogen and oxygen atoms in total. The average molecular weight is 369 g/mol. The quantitative estimate of drug-likeness (QED) is 0.774. The summed E-state index contributed by atoms with van der Waals surface area (Å²) in [5.41, 5.74) is 3.65. The van der Waals surface area contributed by atoms with Crippen LogP contribution in [0.2, 0.25) is 0 Å². The summed E-state index contributed by atoms with van der Waals surface area (Å²) in [6, 6.07) is 12.0. The van der Waals surface area contributed by atoms with E-state index in [1.165, 1.54) is 18.2 Å². The molecule has 0 aliphatic rings. The second-order valence-electron chi connectivity index (χ2n) is 6.42. The first-order valence-corrected chi connectivity index (χ1v) is 8.70. The summed E-state index contributed by atoms with van der Waals surface area (Å²) in [6.07, 6.45) is 0. The van der Waals surface area contributed by atoms with Gasteiger partial charge in [0.25, 0.3) is 0 Å². The van der Waals surface area contributed by atoms with Crippen molar-refractivity contribution >= 4 is 11.6 Å². The van der Waals surface area contributed by atoms with Crippen LogP contribution in [0.15, 0.2) is 36.4 Å². The van der Waals surface area contributed by atoms with Crippen LogP contribution >= 0.6 is 0 Å². The number of rotatable bonds is 8. The van der Waals surface area contributed by atoms with Crippen molar-refractivity contribution in [3.8, 4) is 6.07 Å². The van der Waals surface area contributed by atoms with E-state index >= 15 is 0 Å². The van der Waals surface area contributed by atoms with Gasteiger partial charge in [-0.25, -0.2) is 4.39 Å². The van der Waals surface area contributed by atoms with E-state index < -0.39 is 5.82 Å². The number of halogens is 1. The van der Waals surface area contributed by atoms with Crippen LogP contribution in [0, 0.1) is 31.0 Å². The number of anilines is 1. The van der Waals surface area contributed by atoms with E-state index in [1.54, 1.807) is 12.0 Å². The molecule has 0 atom stereocenters. The molecule has 2 aromatic carbocycles. The van der Waals surface area contributed by atoms with Gasteiger partial charge in [0.2, 0.25) is 5.91 Å². The van der Waals surface area contributed by atoms with Crippen LogP contribution in [0.5, 0.6) is 0 Å². The molecule has 27 heavy (non-hydrogen) atoms. The summed E-state index contributed by atoms with van der Waals surface area (Å²) in [5, 5.41) is 11.9. The van der Waals surface area contributed by atoms with E-state index in [0.717, 1.165) is 16.8 Å². The number of benzene rings is 2. The summed E-state index contributed by atoms with van der Waals surface area (Å²) in [6.45, 7) is 5.12. The predicted octanol–water partition coefficient (Wildman–Crippen LogP) is 3.40. The van der Waals surface area contributed by atoms with Gasteiger partial charge in [-0.1, -0.05) is 12.1 Å². The maximum atomic E-state index is 14.1. The standard InChI is InChI=1S/C21H24FN3O2/c1-15-5-4-6-20(16(15)2)24-21(26)14-25(9-10-27-3)13-18-11-17(12-23)7-8-19(18)22/h4-8,11H,9-10,13-14H2,1-3H3,(H,24,26). The van der Waals surface area contributed by atoms with Crippen LogP contribution in [0.3, 0.4) is 0 Å². The minimum absolute atomic E-state index is 0.0902. The third-order valence-electron chi connectivity index (χ3n) is 4.43. The number of nitriles is 1. The summed E-state index contributed by atoms with van der Waals surface area (Å²) in [5.74, 6) is -0.581. The Morgan fingerprint density at radius 1 is 1.30 bits per heavy atom. The smallest absolute Gasteiger partial charge is 0.238 e. The highest BCUT2D eigenvalue weighted by Crippen LogP contribution is 2.18. The van der Waals surface area contributed by atoms with Crippen LogP contribution in [-0.4, -0.2) is 37.6 Å². The highest BCUT2D eigenvalue weighted by molar-refractivity contribution is 5.93. The van der Waals surface area contributed by atoms with Crippen LogP contribution in [0.1, 0.15) is 22.3 Å². The molecule has 0 fully saturated rings. The Kier molecular flexibility index (Phi) is 7.47. The minimum Gasteiger partial charge on any atom is -0.383 e. The second kappa shape index (κ2) is 9.81. The van der Waals surface area contributed by atoms with Crippen molar-refractivity contribution in [2.24, 2.45) is 0 Å². The monoisotopic (exact) mass is 369 g/mol. The van der Waals surface area contributed by atoms with Gasteiger partial charge in [-0.15, -0.1) is 0 Å². The van der Waals surface area contributed by atoms with Crippen molar-refractivity contribution in [3.05, 3.63) is 64.5 Å². The van der Waals surface area contributed by atoms with Gasteiger partial charge in [0, 0.05) is 31.5 Å². The van der Waals surface area contributed by atoms with Crippen molar-refractivity contribution in [2.45, 2.75) is 20.4 Å². The summed E-state index contributed by atoms with van der Waals surface area (Å²) >= 11 is 0. The largest absolute Gasteiger partial charge is 0.383 e. The Morgan fingerprint density at radius 3 is 2.78 bits per heavy atom. The van der Waals surface area contributed by atoms with E-state index in [9.17, 15) is 9.18 Å². The maximum Gasteiger partial charge on any atom is 0.238 e. The fourth-order valence-corrected chi connectivity index (χ4v) is 2.72. The molecule has 0 aliphatic carbocycles. The molecule has 1 N–H and O–H groups in total. The SMILES string of the molecule is COCCN(CC(=O)Nc1cccc(C)c1C)Cc1cc(C#N)ccc1F. The zero-order valence-corrected chi connectivity index (χ0v) is 15.9. The normalized spacial score (nSPS) is 10.7. The lowest BCUT2D eigenvalue weighted by Gasteiger charge is -2.22. The number of carbonyl (C=O) groups excluding carboxylic acids is 1. The first kappa shape index (κ1) is 20.6. The van der Waals surface area contributed by atoms with Gasteiger partial charge in [0.05, 0.1) is 24.8 Å². The molecular weight excluding hydrogens is 345 g/mol. The molecule has 0 aromatic heterocycles. The number of nitrogens with zero attached hydrogens (tertiary/aromatic N) is 2. The van der Waals surface area contributed by atoms with E-state index in [2.05, 4.69) is 5.32 Å². The lowest BCUT2D eigenvalue weighted by Crippen LogP contribution is -2.35. The van der Waals surface area contributed by atoms with Crippen LogP contribution in [0.25, 0.3) is 0 Å². The Morgan fingerprint density at radius 2 is 2.07 bits per heavy atom. The molecule has 1 amide bonds. The Bertz CT molecular complexity index is 846. The molecule has 2 aromatic rings. The van der Waals surface area contributed by atoms with Crippen molar-refractivity contribution in [1.82, 2.24) is 4.90 Å². The third-order valence-corrected chi connectivity index (χ3v) is 4.43. The van der Waals surface area contributed by atoms with E-state index in [0.29, 0.717) is 24.3 Å². The molecule has 6 heteroatoms. The highest BCUT2D eigenvalue weighted by atomic mass is 19.1. The molecule has 0 bridgehead atoms. The lowest BCUT2D eigenvalue weighted by atomic mass is 10.1. The lowest BCUT2D eigenvalue weighted by molar-refractivity contribution is -0.117. The molecule has 142 valence electrons. The predicted molar refractivity (Wildman–Crippen MR) is 103 cm³/mol. The van der Waals surface area contributed by atoms with Gasteiger partial charge in [0.1, 0.15) is 5.82 Å². The molecule has 0 saturated heterocycles. The molecule has 0 saturated carbocycles. The fraction of sp³-hybridized carbons (Fsp3) is 0.333. The molecule has 0 radical (unpaired) electrons. The van der Waals surface area contributed by atoms with Crippen molar-refractivity contribution in [2.75, 3.05) is 32.1 Å². The number of nitrogens with one attached hydrogen (secondary N) is 1. The Balaban J connectivity index is 2.11. The van der Waals surface area contributed by atoms with E-state index in [1.807, 2.05) is 38.1 Å². The van der Waals surface area contributed by atoms with Crippen LogP contribution < -0.4 is 5.32 Å². The average Bonchev–Trinajstić information content (AvgIpc) is 2.65.